The monoisotopic (exact) mass is 338 g/mol. The molecule has 2 amide bonds. The lowest BCUT2D eigenvalue weighted by molar-refractivity contribution is 0.134. The van der Waals surface area contributed by atoms with Crippen molar-refractivity contribution in [1.82, 2.24) is 14.8 Å². The van der Waals surface area contributed by atoms with Crippen LogP contribution >= 0.6 is 0 Å². The zero-order chi connectivity index (χ0) is 17.6. The van der Waals surface area contributed by atoms with Crippen LogP contribution < -0.4 is 4.90 Å². The minimum Gasteiger partial charge on any atom is -0.353 e. The van der Waals surface area contributed by atoms with Crippen LogP contribution in [0.25, 0.3) is 0 Å². The molecule has 0 spiro atoms. The van der Waals surface area contributed by atoms with Gasteiger partial charge in [-0.3, -0.25) is 0 Å². The highest BCUT2D eigenvalue weighted by atomic mass is 16.2. The molecule has 0 N–H and O–H groups in total. The fourth-order valence-electron chi connectivity index (χ4n) is 3.10. The van der Waals surface area contributed by atoms with Crippen LogP contribution in [0.5, 0.6) is 0 Å². The second kappa shape index (κ2) is 8.01. The van der Waals surface area contributed by atoms with E-state index < -0.39 is 0 Å². The average molecular weight is 338 g/mol. The van der Waals surface area contributed by atoms with Gasteiger partial charge in [-0.15, -0.1) is 0 Å². The van der Waals surface area contributed by atoms with Gasteiger partial charge in [0.1, 0.15) is 5.82 Å². The molecule has 1 aromatic heterocycles. The molecular formula is C20H26N4O. The third-order valence-corrected chi connectivity index (χ3v) is 4.59. The van der Waals surface area contributed by atoms with E-state index in [1.807, 2.05) is 52.4 Å². The smallest absolute Gasteiger partial charge is 0.320 e. The quantitative estimate of drug-likeness (QED) is 0.859. The molecule has 1 fully saturated rings. The molecule has 3 rings (SSSR count). The fraction of sp³-hybridized carbons (Fsp3) is 0.400. The summed E-state index contributed by atoms with van der Waals surface area (Å²) >= 11 is 0. The third kappa shape index (κ3) is 4.29. The van der Waals surface area contributed by atoms with E-state index in [4.69, 9.17) is 0 Å². The topological polar surface area (TPSA) is 39.7 Å². The predicted molar refractivity (Wildman–Crippen MR) is 101 cm³/mol. The highest BCUT2D eigenvalue weighted by molar-refractivity contribution is 5.75. The van der Waals surface area contributed by atoms with Gasteiger partial charge in [-0.2, -0.15) is 0 Å². The summed E-state index contributed by atoms with van der Waals surface area (Å²) in [5.74, 6) is 0.986. The molecular weight excluding hydrogens is 312 g/mol. The normalized spacial score (nSPS) is 14.7. The highest BCUT2D eigenvalue weighted by Crippen LogP contribution is 2.16. The maximum Gasteiger partial charge on any atom is 0.320 e. The van der Waals surface area contributed by atoms with Crippen molar-refractivity contribution in [2.75, 3.05) is 31.1 Å². The van der Waals surface area contributed by atoms with E-state index in [-0.39, 0.29) is 12.1 Å². The first kappa shape index (κ1) is 17.3. The van der Waals surface area contributed by atoms with Gasteiger partial charge in [0.15, 0.2) is 0 Å². The van der Waals surface area contributed by atoms with Crippen LogP contribution in [0.1, 0.15) is 19.4 Å². The Bertz CT molecular complexity index is 667. The zero-order valence-electron chi connectivity index (χ0n) is 15.0. The number of carbonyl (C=O) groups excluding carboxylic acids is 1. The molecule has 132 valence electrons. The van der Waals surface area contributed by atoms with Crippen LogP contribution in [0.3, 0.4) is 0 Å². The number of urea groups is 1. The van der Waals surface area contributed by atoms with Crippen molar-refractivity contribution in [2.45, 2.75) is 26.4 Å². The van der Waals surface area contributed by atoms with Gasteiger partial charge in [0.25, 0.3) is 0 Å². The van der Waals surface area contributed by atoms with Crippen LogP contribution in [-0.4, -0.2) is 53.0 Å². The van der Waals surface area contributed by atoms with E-state index in [2.05, 4.69) is 35.9 Å². The lowest BCUT2D eigenvalue weighted by Gasteiger charge is -2.39. The predicted octanol–water partition coefficient (Wildman–Crippen LogP) is 3.23. The number of rotatable bonds is 4. The number of pyridine rings is 1. The molecule has 1 saturated heterocycles. The van der Waals surface area contributed by atoms with Crippen molar-refractivity contribution in [3.05, 3.63) is 60.3 Å². The van der Waals surface area contributed by atoms with Crippen LogP contribution in [0, 0.1) is 0 Å². The molecule has 0 saturated carbocycles. The Labute approximate surface area is 149 Å². The Hall–Kier alpha value is -2.56. The van der Waals surface area contributed by atoms with Crippen LogP contribution in [0.15, 0.2) is 54.7 Å². The second-order valence-electron chi connectivity index (χ2n) is 6.65. The van der Waals surface area contributed by atoms with Gasteiger partial charge in [0, 0.05) is 45.0 Å². The minimum absolute atomic E-state index is 0.125. The zero-order valence-corrected chi connectivity index (χ0v) is 15.0. The summed E-state index contributed by atoms with van der Waals surface area (Å²) in [7, 11) is 0. The summed E-state index contributed by atoms with van der Waals surface area (Å²) in [6.07, 6.45) is 1.81. The number of benzene rings is 1. The first-order valence-corrected chi connectivity index (χ1v) is 8.90. The highest BCUT2D eigenvalue weighted by Gasteiger charge is 2.27. The van der Waals surface area contributed by atoms with Gasteiger partial charge in [0.2, 0.25) is 0 Å². The molecule has 25 heavy (non-hydrogen) atoms. The number of amides is 2. The Kier molecular flexibility index (Phi) is 5.53. The SMILES string of the molecule is CC(C)N(Cc1ccccc1)C(=O)N1CCN(c2ccccn2)CC1. The standard InChI is InChI=1S/C20H26N4O/c1-17(2)24(16-18-8-4-3-5-9-18)20(25)23-14-12-22(13-15-23)19-10-6-7-11-21-19/h3-11,17H,12-16H2,1-2H3. The Morgan fingerprint density at radius 2 is 1.72 bits per heavy atom. The van der Waals surface area contributed by atoms with Crippen molar-refractivity contribution in [2.24, 2.45) is 0 Å². The maximum atomic E-state index is 13.0. The molecule has 1 aliphatic rings. The molecule has 1 aliphatic heterocycles. The summed E-state index contributed by atoms with van der Waals surface area (Å²) in [6, 6.07) is 16.4. The Morgan fingerprint density at radius 1 is 1.04 bits per heavy atom. The number of anilines is 1. The summed E-state index contributed by atoms with van der Waals surface area (Å²) < 4.78 is 0. The van der Waals surface area contributed by atoms with Crippen molar-refractivity contribution in [1.29, 1.82) is 0 Å². The van der Waals surface area contributed by atoms with Gasteiger partial charge in [0.05, 0.1) is 0 Å². The number of aromatic nitrogens is 1. The average Bonchev–Trinajstić information content (AvgIpc) is 2.67. The van der Waals surface area contributed by atoms with Crippen molar-refractivity contribution in [3.63, 3.8) is 0 Å². The lowest BCUT2D eigenvalue weighted by Crippen LogP contribution is -2.54. The number of piperazine rings is 1. The molecule has 0 aliphatic carbocycles. The van der Waals surface area contributed by atoms with E-state index in [0.717, 1.165) is 37.6 Å². The van der Waals surface area contributed by atoms with Crippen LogP contribution in [0.4, 0.5) is 10.6 Å². The van der Waals surface area contributed by atoms with Gasteiger partial charge < -0.3 is 14.7 Å². The van der Waals surface area contributed by atoms with Gasteiger partial charge >= 0.3 is 6.03 Å². The largest absolute Gasteiger partial charge is 0.353 e. The van der Waals surface area contributed by atoms with Gasteiger partial charge in [-0.1, -0.05) is 36.4 Å². The van der Waals surface area contributed by atoms with E-state index in [9.17, 15) is 4.79 Å². The summed E-state index contributed by atoms with van der Waals surface area (Å²) in [5.41, 5.74) is 1.16. The van der Waals surface area contributed by atoms with Crippen molar-refractivity contribution >= 4 is 11.8 Å². The van der Waals surface area contributed by atoms with Crippen molar-refractivity contribution < 1.29 is 4.79 Å². The number of nitrogens with zero attached hydrogens (tertiary/aromatic N) is 4. The summed E-state index contributed by atoms with van der Waals surface area (Å²) in [6.45, 7) is 7.90. The molecule has 2 aromatic rings. The number of carbonyl (C=O) groups is 1. The third-order valence-electron chi connectivity index (χ3n) is 4.59. The first-order chi connectivity index (χ1) is 12.1. The summed E-state index contributed by atoms with van der Waals surface area (Å²) in [4.78, 5) is 23.6. The van der Waals surface area contributed by atoms with Gasteiger partial charge in [-0.05, 0) is 31.5 Å². The molecule has 0 radical (unpaired) electrons. The van der Waals surface area contributed by atoms with E-state index in [1.165, 1.54) is 0 Å². The molecule has 0 atom stereocenters. The molecule has 0 bridgehead atoms. The summed E-state index contributed by atoms with van der Waals surface area (Å²) in [5, 5.41) is 0. The second-order valence-corrected chi connectivity index (χ2v) is 6.65. The van der Waals surface area contributed by atoms with E-state index in [0.29, 0.717) is 6.54 Å². The molecule has 2 heterocycles. The molecule has 0 unspecified atom stereocenters. The Morgan fingerprint density at radius 3 is 2.32 bits per heavy atom. The number of hydrogen-bond acceptors (Lipinski definition) is 3. The minimum atomic E-state index is 0.125. The van der Waals surface area contributed by atoms with Crippen LogP contribution in [-0.2, 0) is 6.54 Å². The number of hydrogen-bond donors (Lipinski definition) is 0. The molecule has 5 heteroatoms. The first-order valence-electron chi connectivity index (χ1n) is 8.90. The molecule has 5 nitrogen and oxygen atoms in total. The lowest BCUT2D eigenvalue weighted by atomic mass is 10.2. The Balaban J connectivity index is 1.62. The van der Waals surface area contributed by atoms with Gasteiger partial charge in [-0.25, -0.2) is 9.78 Å². The molecule has 1 aromatic carbocycles. The van der Waals surface area contributed by atoms with Crippen molar-refractivity contribution in [3.8, 4) is 0 Å². The fourth-order valence-corrected chi connectivity index (χ4v) is 3.10. The van der Waals surface area contributed by atoms with E-state index in [1.54, 1.807) is 0 Å². The van der Waals surface area contributed by atoms with Crippen LogP contribution in [0.2, 0.25) is 0 Å². The van der Waals surface area contributed by atoms with E-state index >= 15 is 0 Å². The maximum absolute atomic E-state index is 13.0.